The molecule has 0 heteroatoms. The third-order valence-electron chi connectivity index (χ3n) is 14.6. The SMILES string of the molecule is CC1(C)c2ccccc2-c2ccc(-c3cc(-c4ccc5ccccc5c4)cc4c3-c3ccc5ccccc5c3C43C4CC5CC(C4)CC3C5)cc21. The van der Waals surface area contributed by atoms with Crippen LogP contribution in [0.25, 0.3) is 66.1 Å². The molecule has 0 aromatic heterocycles. The van der Waals surface area contributed by atoms with Gasteiger partial charge in [0.25, 0.3) is 0 Å². The first-order valence-corrected chi connectivity index (χ1v) is 19.4. The zero-order chi connectivity index (χ0) is 33.6. The Hall–Kier alpha value is -4.94. The predicted octanol–water partition coefficient (Wildman–Crippen LogP) is 13.4. The van der Waals surface area contributed by atoms with E-state index < -0.39 is 0 Å². The molecule has 1 spiro atoms. The lowest BCUT2D eigenvalue weighted by molar-refractivity contribution is -0.0393. The molecule has 6 aliphatic rings. The minimum Gasteiger partial charge on any atom is -0.0619 e. The van der Waals surface area contributed by atoms with Gasteiger partial charge in [-0.05, 0) is 168 Å². The van der Waals surface area contributed by atoms with Crippen LogP contribution in [-0.4, -0.2) is 0 Å². The van der Waals surface area contributed by atoms with E-state index in [1.807, 2.05) is 0 Å². The van der Waals surface area contributed by atoms with Crippen molar-refractivity contribution in [3.8, 4) is 44.5 Å². The molecule has 4 bridgehead atoms. The Balaban J connectivity index is 1.19. The molecule has 0 N–H and O–H groups in total. The summed E-state index contributed by atoms with van der Waals surface area (Å²) in [6.45, 7) is 4.84. The summed E-state index contributed by atoms with van der Waals surface area (Å²) in [5.74, 6) is 3.22. The van der Waals surface area contributed by atoms with Gasteiger partial charge in [0.1, 0.15) is 0 Å². The van der Waals surface area contributed by atoms with E-state index >= 15 is 0 Å². The van der Waals surface area contributed by atoms with Gasteiger partial charge in [0, 0.05) is 10.8 Å². The molecule has 7 aromatic rings. The lowest BCUT2D eigenvalue weighted by Gasteiger charge is -2.61. The van der Waals surface area contributed by atoms with Crippen LogP contribution < -0.4 is 0 Å². The van der Waals surface area contributed by atoms with E-state index in [0.717, 1.165) is 11.8 Å². The average molecular weight is 655 g/mol. The first kappa shape index (κ1) is 28.7. The Bertz CT molecular complexity index is 2600. The summed E-state index contributed by atoms with van der Waals surface area (Å²) in [6, 6.07) is 52.0. The van der Waals surface area contributed by atoms with E-state index in [9.17, 15) is 0 Å². The smallest absolute Gasteiger partial charge is 0.0278 e. The fourth-order valence-electron chi connectivity index (χ4n) is 12.7. The lowest BCUT2D eigenvalue weighted by Crippen LogP contribution is -2.55. The van der Waals surface area contributed by atoms with Gasteiger partial charge in [0.15, 0.2) is 0 Å². The monoisotopic (exact) mass is 654 g/mol. The maximum absolute atomic E-state index is 2.69. The standard InChI is InChI=1S/C51H42/c1-50(2)45-14-8-7-13-41(45)42-19-18-36(28-46(42)50)44-27-37(35-16-15-32-9-3-4-11-34(32)26-35)29-47-48(44)43-20-17-33-10-5-6-12-40(33)49(43)51(47)38-22-30-21-31(24-38)25-39(51)23-30/h3-20,26-31,38-39H,21-25H2,1-2H3. The van der Waals surface area contributed by atoms with Crippen molar-refractivity contribution >= 4 is 21.5 Å². The second-order valence-corrected chi connectivity index (χ2v) is 17.3. The maximum Gasteiger partial charge on any atom is 0.0278 e. The quantitative estimate of drug-likeness (QED) is 0.174. The highest BCUT2D eigenvalue weighted by Gasteiger charge is 2.62. The van der Waals surface area contributed by atoms with Crippen LogP contribution in [0.5, 0.6) is 0 Å². The second kappa shape index (κ2) is 9.89. The molecule has 0 saturated heterocycles. The van der Waals surface area contributed by atoms with Gasteiger partial charge in [-0.3, -0.25) is 0 Å². The first-order chi connectivity index (χ1) is 25.0. The highest BCUT2D eigenvalue weighted by atomic mass is 14.7. The molecular weight excluding hydrogens is 613 g/mol. The van der Waals surface area contributed by atoms with Crippen molar-refractivity contribution in [2.24, 2.45) is 23.7 Å². The first-order valence-electron chi connectivity index (χ1n) is 19.4. The summed E-state index contributed by atoms with van der Waals surface area (Å²) in [6.07, 6.45) is 7.01. The number of hydrogen-bond acceptors (Lipinski definition) is 0. The topological polar surface area (TPSA) is 0 Å². The molecule has 246 valence electrons. The number of hydrogen-bond donors (Lipinski definition) is 0. The van der Waals surface area contributed by atoms with Crippen molar-refractivity contribution in [2.45, 2.75) is 56.8 Å². The van der Waals surface area contributed by atoms with Gasteiger partial charge in [-0.15, -0.1) is 0 Å². The summed E-state index contributed by atoms with van der Waals surface area (Å²) in [5.41, 5.74) is 17.5. The molecule has 51 heavy (non-hydrogen) atoms. The molecule has 0 aliphatic heterocycles. The summed E-state index contributed by atoms with van der Waals surface area (Å²) in [4.78, 5) is 0. The normalized spacial score (nSPS) is 25.7. The van der Waals surface area contributed by atoms with Crippen LogP contribution in [0.1, 0.15) is 68.2 Å². The van der Waals surface area contributed by atoms with Crippen molar-refractivity contribution in [3.05, 3.63) is 156 Å². The molecule has 0 unspecified atom stereocenters. The van der Waals surface area contributed by atoms with Gasteiger partial charge in [0.05, 0.1) is 0 Å². The molecule has 0 nitrogen and oxygen atoms in total. The van der Waals surface area contributed by atoms with E-state index in [2.05, 4.69) is 147 Å². The van der Waals surface area contributed by atoms with Crippen LogP contribution >= 0.6 is 0 Å². The Kier molecular flexibility index (Phi) is 5.57. The molecule has 7 aromatic carbocycles. The Labute approximate surface area is 301 Å². The van der Waals surface area contributed by atoms with Crippen molar-refractivity contribution in [3.63, 3.8) is 0 Å². The fourth-order valence-corrected chi connectivity index (χ4v) is 12.7. The van der Waals surface area contributed by atoms with Crippen molar-refractivity contribution in [2.75, 3.05) is 0 Å². The number of benzene rings is 7. The van der Waals surface area contributed by atoms with Gasteiger partial charge in [-0.25, -0.2) is 0 Å². The Morgan fingerprint density at radius 2 is 1.06 bits per heavy atom. The molecule has 0 amide bonds. The highest BCUT2D eigenvalue weighted by Crippen LogP contribution is 2.71. The highest BCUT2D eigenvalue weighted by molar-refractivity contribution is 6.04. The zero-order valence-corrected chi connectivity index (χ0v) is 29.5. The van der Waals surface area contributed by atoms with Crippen LogP contribution in [0.4, 0.5) is 0 Å². The van der Waals surface area contributed by atoms with Crippen LogP contribution in [0.2, 0.25) is 0 Å². The molecule has 4 fully saturated rings. The van der Waals surface area contributed by atoms with E-state index in [1.165, 1.54) is 109 Å². The molecule has 13 rings (SSSR count). The van der Waals surface area contributed by atoms with Gasteiger partial charge >= 0.3 is 0 Å². The van der Waals surface area contributed by atoms with E-state index in [1.54, 1.807) is 11.1 Å². The molecule has 6 aliphatic carbocycles. The number of rotatable bonds is 2. The minimum absolute atomic E-state index is 0.0438. The predicted molar refractivity (Wildman–Crippen MR) is 213 cm³/mol. The third-order valence-corrected chi connectivity index (χ3v) is 14.6. The molecule has 0 atom stereocenters. The summed E-state index contributed by atoms with van der Waals surface area (Å²) >= 11 is 0. The average Bonchev–Trinajstić information content (AvgIpc) is 3.59. The minimum atomic E-state index is -0.0438. The van der Waals surface area contributed by atoms with E-state index in [0.29, 0.717) is 11.8 Å². The zero-order valence-electron chi connectivity index (χ0n) is 29.5. The van der Waals surface area contributed by atoms with Crippen LogP contribution in [0.3, 0.4) is 0 Å². The van der Waals surface area contributed by atoms with E-state index in [-0.39, 0.29) is 10.8 Å². The second-order valence-electron chi connectivity index (χ2n) is 17.3. The number of fused-ring (bicyclic) bond motifs is 9. The van der Waals surface area contributed by atoms with Crippen LogP contribution in [0, 0.1) is 23.7 Å². The summed E-state index contributed by atoms with van der Waals surface area (Å²) < 4.78 is 0. The van der Waals surface area contributed by atoms with Crippen molar-refractivity contribution in [1.29, 1.82) is 0 Å². The maximum atomic E-state index is 2.69. The lowest BCUT2D eigenvalue weighted by atomic mass is 9.43. The van der Waals surface area contributed by atoms with Crippen LogP contribution in [-0.2, 0) is 10.8 Å². The van der Waals surface area contributed by atoms with Gasteiger partial charge in [-0.1, -0.05) is 123 Å². The molecular formula is C51H42. The van der Waals surface area contributed by atoms with Crippen molar-refractivity contribution in [1.82, 2.24) is 0 Å². The molecule has 0 radical (unpaired) electrons. The third kappa shape index (κ3) is 3.66. The van der Waals surface area contributed by atoms with E-state index in [4.69, 9.17) is 0 Å². The van der Waals surface area contributed by atoms with Gasteiger partial charge < -0.3 is 0 Å². The Morgan fingerprint density at radius 3 is 1.88 bits per heavy atom. The summed E-state index contributed by atoms with van der Waals surface area (Å²) in [7, 11) is 0. The summed E-state index contributed by atoms with van der Waals surface area (Å²) in [5, 5.41) is 5.50. The molecule has 0 heterocycles. The van der Waals surface area contributed by atoms with Gasteiger partial charge in [-0.2, -0.15) is 0 Å². The largest absolute Gasteiger partial charge is 0.0619 e. The van der Waals surface area contributed by atoms with Gasteiger partial charge in [0.2, 0.25) is 0 Å². The fraction of sp³-hybridized carbons (Fsp3) is 0.255. The van der Waals surface area contributed by atoms with Crippen molar-refractivity contribution < 1.29 is 0 Å². The van der Waals surface area contributed by atoms with Crippen LogP contribution in [0.15, 0.2) is 133 Å². The molecule has 4 saturated carbocycles. The Morgan fingerprint density at radius 1 is 0.431 bits per heavy atom.